The van der Waals surface area contributed by atoms with Gasteiger partial charge in [0, 0.05) is 13.1 Å². The number of carbonyl (C=O) groups is 2. The van der Waals surface area contributed by atoms with Crippen LogP contribution in [0, 0.1) is 11.3 Å². The molecule has 104 valence electrons. The van der Waals surface area contributed by atoms with Gasteiger partial charge in [-0.15, -0.1) is 0 Å². The number of nitrogens with zero attached hydrogens (tertiary/aromatic N) is 1. The molecule has 2 N–H and O–H groups in total. The summed E-state index contributed by atoms with van der Waals surface area (Å²) in [5.74, 6) is -0.461. The molecule has 18 heavy (non-hydrogen) atoms. The molecule has 0 spiro atoms. The molecule has 0 aromatic rings. The number of nitrogens with one attached hydrogen (secondary N) is 1. The van der Waals surface area contributed by atoms with Gasteiger partial charge in [-0.2, -0.15) is 0 Å². The van der Waals surface area contributed by atoms with Crippen molar-refractivity contribution in [3.63, 3.8) is 0 Å². The summed E-state index contributed by atoms with van der Waals surface area (Å²) in [6.07, 6.45) is 1.31. The van der Waals surface area contributed by atoms with Gasteiger partial charge in [0.15, 0.2) is 0 Å². The van der Waals surface area contributed by atoms with Crippen LogP contribution in [-0.2, 0) is 4.79 Å². The molecule has 0 unspecified atom stereocenters. The second kappa shape index (κ2) is 5.59. The van der Waals surface area contributed by atoms with Crippen molar-refractivity contribution in [2.45, 2.75) is 46.6 Å². The quantitative estimate of drug-likeness (QED) is 0.807. The van der Waals surface area contributed by atoms with E-state index in [0.717, 1.165) is 6.42 Å². The zero-order valence-corrected chi connectivity index (χ0v) is 11.7. The van der Waals surface area contributed by atoms with Gasteiger partial charge in [0.05, 0.1) is 0 Å². The molecular weight excluding hydrogens is 232 g/mol. The minimum atomic E-state index is -0.911. The highest BCUT2D eigenvalue weighted by atomic mass is 16.4. The van der Waals surface area contributed by atoms with Crippen molar-refractivity contribution in [2.75, 3.05) is 13.1 Å². The summed E-state index contributed by atoms with van der Waals surface area (Å²) in [5, 5.41) is 11.9. The second-order valence-corrected chi connectivity index (χ2v) is 5.99. The van der Waals surface area contributed by atoms with Gasteiger partial charge in [-0.05, 0) is 24.2 Å². The van der Waals surface area contributed by atoms with Crippen LogP contribution < -0.4 is 5.32 Å². The summed E-state index contributed by atoms with van der Waals surface area (Å²) >= 11 is 0. The number of amides is 2. The Kier molecular flexibility index (Phi) is 4.59. The van der Waals surface area contributed by atoms with Crippen molar-refractivity contribution in [3.8, 4) is 0 Å². The van der Waals surface area contributed by atoms with Crippen molar-refractivity contribution < 1.29 is 14.7 Å². The van der Waals surface area contributed by atoms with Crippen LogP contribution in [0.4, 0.5) is 4.79 Å². The van der Waals surface area contributed by atoms with Gasteiger partial charge in [0.25, 0.3) is 0 Å². The predicted molar refractivity (Wildman–Crippen MR) is 69.4 cm³/mol. The molecule has 2 amide bonds. The number of carboxylic acids is 1. The Morgan fingerprint density at radius 2 is 2.06 bits per heavy atom. The molecule has 1 heterocycles. The first-order valence-corrected chi connectivity index (χ1v) is 6.53. The Hall–Kier alpha value is -1.26. The SMILES string of the molecule is CC(C)C(C)(C)CNC(=O)N1CCC[C@@H]1C(=O)O. The molecule has 5 nitrogen and oxygen atoms in total. The van der Waals surface area contributed by atoms with Gasteiger partial charge in [0.2, 0.25) is 0 Å². The molecule has 0 bridgehead atoms. The van der Waals surface area contributed by atoms with Crippen molar-refractivity contribution in [3.05, 3.63) is 0 Å². The van der Waals surface area contributed by atoms with Crippen LogP contribution in [-0.4, -0.2) is 41.1 Å². The molecule has 1 rings (SSSR count). The molecule has 5 heteroatoms. The number of aliphatic carboxylic acids is 1. The average Bonchev–Trinajstić information content (AvgIpc) is 2.74. The topological polar surface area (TPSA) is 69.6 Å². The highest BCUT2D eigenvalue weighted by molar-refractivity contribution is 5.83. The number of urea groups is 1. The summed E-state index contributed by atoms with van der Waals surface area (Å²) in [5.41, 5.74) is 0.00804. The Morgan fingerprint density at radius 3 is 2.56 bits per heavy atom. The fourth-order valence-electron chi connectivity index (χ4n) is 1.88. The fourth-order valence-corrected chi connectivity index (χ4v) is 1.88. The van der Waals surface area contributed by atoms with Crippen LogP contribution in [0.2, 0.25) is 0 Å². The van der Waals surface area contributed by atoms with Gasteiger partial charge in [-0.25, -0.2) is 9.59 Å². The van der Waals surface area contributed by atoms with Crippen LogP contribution in [0.1, 0.15) is 40.5 Å². The van der Waals surface area contributed by atoms with Gasteiger partial charge in [-0.3, -0.25) is 0 Å². The number of carbonyl (C=O) groups excluding carboxylic acids is 1. The van der Waals surface area contributed by atoms with Gasteiger partial charge < -0.3 is 15.3 Å². The van der Waals surface area contributed by atoms with E-state index in [0.29, 0.717) is 25.4 Å². The normalized spacial score (nSPS) is 20.3. The summed E-state index contributed by atoms with van der Waals surface area (Å²) in [4.78, 5) is 24.4. The zero-order chi connectivity index (χ0) is 13.9. The molecular formula is C13H24N2O3. The molecule has 1 aliphatic rings. The molecule has 1 saturated heterocycles. The number of hydrogen-bond acceptors (Lipinski definition) is 2. The standard InChI is InChI=1S/C13H24N2O3/c1-9(2)13(3,4)8-14-12(18)15-7-5-6-10(15)11(16)17/h9-10H,5-8H2,1-4H3,(H,14,18)(H,16,17)/t10-/m1/s1. The molecule has 0 radical (unpaired) electrons. The maximum absolute atomic E-state index is 12.0. The minimum Gasteiger partial charge on any atom is -0.480 e. The van der Waals surface area contributed by atoms with Gasteiger partial charge >= 0.3 is 12.0 Å². The van der Waals surface area contributed by atoms with E-state index in [-0.39, 0.29) is 11.4 Å². The number of carboxylic acid groups (broad SMARTS) is 1. The first-order valence-electron chi connectivity index (χ1n) is 6.53. The fraction of sp³-hybridized carbons (Fsp3) is 0.846. The molecule has 1 atom stereocenters. The lowest BCUT2D eigenvalue weighted by Gasteiger charge is -2.31. The third-order valence-corrected chi connectivity index (χ3v) is 4.06. The van der Waals surface area contributed by atoms with Crippen molar-refractivity contribution >= 4 is 12.0 Å². The lowest BCUT2D eigenvalue weighted by atomic mass is 9.81. The van der Waals surface area contributed by atoms with Crippen molar-refractivity contribution in [1.29, 1.82) is 0 Å². The molecule has 0 saturated carbocycles. The molecule has 1 fully saturated rings. The summed E-state index contributed by atoms with van der Waals surface area (Å²) in [6.45, 7) is 9.51. The monoisotopic (exact) mass is 256 g/mol. The van der Waals surface area contributed by atoms with E-state index in [9.17, 15) is 9.59 Å². The van der Waals surface area contributed by atoms with Gasteiger partial charge in [-0.1, -0.05) is 27.7 Å². The Labute approximate surface area is 109 Å². The van der Waals surface area contributed by atoms with Crippen LogP contribution in [0.25, 0.3) is 0 Å². The third kappa shape index (κ3) is 3.37. The van der Waals surface area contributed by atoms with E-state index < -0.39 is 12.0 Å². The van der Waals surface area contributed by atoms with E-state index in [1.807, 2.05) is 0 Å². The maximum atomic E-state index is 12.0. The van der Waals surface area contributed by atoms with E-state index in [1.165, 1.54) is 4.90 Å². The minimum absolute atomic E-state index is 0.00804. The van der Waals surface area contributed by atoms with E-state index in [4.69, 9.17) is 5.11 Å². The first kappa shape index (κ1) is 14.8. The van der Waals surface area contributed by atoms with Crippen LogP contribution in [0.15, 0.2) is 0 Å². The smallest absolute Gasteiger partial charge is 0.326 e. The molecule has 0 aromatic carbocycles. The molecule has 0 aromatic heterocycles. The zero-order valence-electron chi connectivity index (χ0n) is 11.7. The predicted octanol–water partition coefficient (Wildman–Crippen LogP) is 1.93. The Morgan fingerprint density at radius 1 is 1.44 bits per heavy atom. The summed E-state index contributed by atoms with van der Waals surface area (Å²) in [6, 6.07) is -0.916. The van der Waals surface area contributed by atoms with Crippen molar-refractivity contribution in [2.24, 2.45) is 11.3 Å². The molecule has 1 aliphatic heterocycles. The lowest BCUT2D eigenvalue weighted by molar-refractivity contribution is -0.141. The summed E-state index contributed by atoms with van der Waals surface area (Å²) in [7, 11) is 0. The van der Waals surface area contributed by atoms with Crippen LogP contribution in [0.3, 0.4) is 0 Å². The highest BCUT2D eigenvalue weighted by Crippen LogP contribution is 2.25. The Bertz CT molecular complexity index is 326. The number of hydrogen-bond donors (Lipinski definition) is 2. The largest absolute Gasteiger partial charge is 0.480 e. The van der Waals surface area contributed by atoms with Crippen molar-refractivity contribution in [1.82, 2.24) is 10.2 Å². The van der Waals surface area contributed by atoms with E-state index in [2.05, 4.69) is 33.0 Å². The van der Waals surface area contributed by atoms with Gasteiger partial charge in [0.1, 0.15) is 6.04 Å². The maximum Gasteiger partial charge on any atom is 0.326 e. The average molecular weight is 256 g/mol. The number of likely N-dealkylation sites (tertiary alicyclic amines) is 1. The van der Waals surface area contributed by atoms with E-state index >= 15 is 0 Å². The van der Waals surface area contributed by atoms with Crippen LogP contribution >= 0.6 is 0 Å². The number of rotatable bonds is 4. The Balaban J connectivity index is 2.53. The lowest BCUT2D eigenvalue weighted by Crippen LogP contribution is -2.48. The highest BCUT2D eigenvalue weighted by Gasteiger charge is 2.34. The third-order valence-electron chi connectivity index (χ3n) is 4.06. The van der Waals surface area contributed by atoms with E-state index in [1.54, 1.807) is 0 Å². The first-order chi connectivity index (χ1) is 8.25. The molecule has 0 aliphatic carbocycles. The van der Waals surface area contributed by atoms with Crippen LogP contribution in [0.5, 0.6) is 0 Å². The second-order valence-electron chi connectivity index (χ2n) is 5.99. The summed E-state index contributed by atoms with van der Waals surface area (Å²) < 4.78 is 0.